The third kappa shape index (κ3) is 1.98. The first kappa shape index (κ1) is 11.2. The van der Waals surface area contributed by atoms with E-state index in [1.165, 1.54) is 11.3 Å². The first-order chi connectivity index (χ1) is 6.38. The zero-order valence-corrected chi connectivity index (χ0v) is 10.0. The van der Waals surface area contributed by atoms with Gasteiger partial charge in [-0.2, -0.15) is 5.10 Å². The highest BCUT2D eigenvalue weighted by atomic mass is 15.3. The van der Waals surface area contributed by atoms with Crippen LogP contribution in [0.2, 0.25) is 0 Å². The second-order valence-corrected chi connectivity index (χ2v) is 4.92. The van der Waals surface area contributed by atoms with Crippen LogP contribution in [0.4, 0.5) is 0 Å². The van der Waals surface area contributed by atoms with E-state index in [4.69, 9.17) is 0 Å². The van der Waals surface area contributed by atoms with Gasteiger partial charge in [0.25, 0.3) is 0 Å². The predicted molar refractivity (Wildman–Crippen MR) is 59.2 cm³/mol. The van der Waals surface area contributed by atoms with Crippen molar-refractivity contribution in [1.29, 1.82) is 0 Å². The molecule has 1 atom stereocenters. The molecule has 0 aliphatic rings. The van der Waals surface area contributed by atoms with E-state index >= 15 is 0 Å². The summed E-state index contributed by atoms with van der Waals surface area (Å²) in [6, 6.07) is 0.343. The van der Waals surface area contributed by atoms with Crippen molar-refractivity contribution in [1.82, 2.24) is 15.1 Å². The molecule has 0 saturated heterocycles. The number of aryl methyl sites for hydroxylation is 2. The standard InChI is InChI=1S/C11H21N3/c1-8-7-13-14(6)9(8)10(12-5)11(2,3)4/h7,10,12H,1-6H3. The molecule has 1 aromatic rings. The highest BCUT2D eigenvalue weighted by molar-refractivity contribution is 5.21. The fourth-order valence-corrected chi connectivity index (χ4v) is 1.95. The van der Waals surface area contributed by atoms with Crippen LogP contribution >= 0.6 is 0 Å². The average molecular weight is 195 g/mol. The summed E-state index contributed by atoms with van der Waals surface area (Å²) in [5.74, 6) is 0. The molecule has 1 aromatic heterocycles. The van der Waals surface area contributed by atoms with E-state index < -0.39 is 0 Å². The van der Waals surface area contributed by atoms with E-state index in [-0.39, 0.29) is 5.41 Å². The number of nitrogens with zero attached hydrogens (tertiary/aromatic N) is 2. The lowest BCUT2D eigenvalue weighted by molar-refractivity contribution is 0.274. The van der Waals surface area contributed by atoms with E-state index in [2.05, 4.69) is 38.1 Å². The minimum Gasteiger partial charge on any atom is -0.311 e. The Hall–Kier alpha value is -0.830. The van der Waals surface area contributed by atoms with Crippen LogP contribution < -0.4 is 5.32 Å². The smallest absolute Gasteiger partial charge is 0.0584 e. The largest absolute Gasteiger partial charge is 0.311 e. The number of hydrogen-bond acceptors (Lipinski definition) is 2. The summed E-state index contributed by atoms with van der Waals surface area (Å²) in [7, 11) is 4.00. The molecule has 0 saturated carbocycles. The first-order valence-corrected chi connectivity index (χ1v) is 5.03. The Morgan fingerprint density at radius 3 is 2.29 bits per heavy atom. The van der Waals surface area contributed by atoms with Gasteiger partial charge < -0.3 is 5.32 Å². The second-order valence-electron chi connectivity index (χ2n) is 4.92. The Labute approximate surface area is 86.5 Å². The third-order valence-corrected chi connectivity index (χ3v) is 2.61. The number of hydrogen-bond donors (Lipinski definition) is 1. The van der Waals surface area contributed by atoms with Crippen molar-refractivity contribution in [3.63, 3.8) is 0 Å². The molecule has 3 heteroatoms. The van der Waals surface area contributed by atoms with Crippen LogP contribution in [0.15, 0.2) is 6.20 Å². The van der Waals surface area contributed by atoms with Gasteiger partial charge in [-0.1, -0.05) is 20.8 Å². The molecule has 1 unspecified atom stereocenters. The van der Waals surface area contributed by atoms with E-state index in [1.807, 2.05) is 25.0 Å². The molecule has 0 amide bonds. The van der Waals surface area contributed by atoms with E-state index in [0.717, 1.165) is 0 Å². The Morgan fingerprint density at radius 1 is 1.43 bits per heavy atom. The molecule has 3 nitrogen and oxygen atoms in total. The predicted octanol–water partition coefficient (Wildman–Crippen LogP) is 2.04. The van der Waals surface area contributed by atoms with Crippen molar-refractivity contribution in [3.8, 4) is 0 Å². The first-order valence-electron chi connectivity index (χ1n) is 5.03. The SMILES string of the molecule is CNC(c1c(C)cnn1C)C(C)(C)C. The lowest BCUT2D eigenvalue weighted by Gasteiger charge is -2.31. The minimum absolute atomic E-state index is 0.202. The van der Waals surface area contributed by atoms with Gasteiger partial charge in [-0.25, -0.2) is 0 Å². The minimum atomic E-state index is 0.202. The number of rotatable bonds is 2. The molecule has 0 spiro atoms. The van der Waals surface area contributed by atoms with E-state index in [1.54, 1.807) is 0 Å². The van der Waals surface area contributed by atoms with Crippen molar-refractivity contribution in [2.45, 2.75) is 33.7 Å². The number of nitrogens with one attached hydrogen (secondary N) is 1. The Morgan fingerprint density at radius 2 is 2.00 bits per heavy atom. The molecular formula is C11H21N3. The molecule has 0 aromatic carbocycles. The van der Waals surface area contributed by atoms with Gasteiger partial charge in [0.1, 0.15) is 0 Å². The topological polar surface area (TPSA) is 29.9 Å². The van der Waals surface area contributed by atoms with Crippen molar-refractivity contribution in [3.05, 3.63) is 17.5 Å². The molecule has 0 radical (unpaired) electrons. The fourth-order valence-electron chi connectivity index (χ4n) is 1.95. The maximum Gasteiger partial charge on any atom is 0.0584 e. The molecule has 0 fully saturated rings. The van der Waals surface area contributed by atoms with Crippen LogP contribution in [0.5, 0.6) is 0 Å². The molecule has 1 rings (SSSR count). The maximum absolute atomic E-state index is 4.28. The summed E-state index contributed by atoms with van der Waals surface area (Å²) in [4.78, 5) is 0. The van der Waals surface area contributed by atoms with Crippen molar-refractivity contribution in [2.24, 2.45) is 12.5 Å². The quantitative estimate of drug-likeness (QED) is 0.782. The van der Waals surface area contributed by atoms with Crippen LogP contribution in [0.3, 0.4) is 0 Å². The molecule has 0 bridgehead atoms. The van der Waals surface area contributed by atoms with Gasteiger partial charge in [-0.15, -0.1) is 0 Å². The summed E-state index contributed by atoms with van der Waals surface area (Å²) in [5.41, 5.74) is 2.73. The summed E-state index contributed by atoms with van der Waals surface area (Å²) in [6.07, 6.45) is 1.92. The molecule has 14 heavy (non-hydrogen) atoms. The van der Waals surface area contributed by atoms with Crippen LogP contribution in [0, 0.1) is 12.3 Å². The van der Waals surface area contributed by atoms with Gasteiger partial charge >= 0.3 is 0 Å². The summed E-state index contributed by atoms with van der Waals surface area (Å²) in [5, 5.41) is 7.64. The highest BCUT2D eigenvalue weighted by Crippen LogP contribution is 2.33. The summed E-state index contributed by atoms with van der Waals surface area (Å²) in [6.45, 7) is 8.82. The number of aromatic nitrogens is 2. The molecule has 1 N–H and O–H groups in total. The normalized spacial score (nSPS) is 14.4. The van der Waals surface area contributed by atoms with Gasteiger partial charge in [0.2, 0.25) is 0 Å². The average Bonchev–Trinajstić information content (AvgIpc) is 2.34. The molecule has 1 heterocycles. The van der Waals surface area contributed by atoms with Crippen LogP contribution in [-0.4, -0.2) is 16.8 Å². The van der Waals surface area contributed by atoms with Gasteiger partial charge in [0, 0.05) is 7.05 Å². The summed E-state index contributed by atoms with van der Waals surface area (Å²) >= 11 is 0. The zero-order chi connectivity index (χ0) is 10.9. The van der Waals surface area contributed by atoms with Crippen molar-refractivity contribution < 1.29 is 0 Å². The lowest BCUT2D eigenvalue weighted by Crippen LogP contribution is -2.31. The highest BCUT2D eigenvalue weighted by Gasteiger charge is 2.28. The van der Waals surface area contributed by atoms with Crippen LogP contribution in [0.1, 0.15) is 38.1 Å². The van der Waals surface area contributed by atoms with Gasteiger partial charge in [0.05, 0.1) is 17.9 Å². The fraction of sp³-hybridized carbons (Fsp3) is 0.727. The Kier molecular flexibility index (Phi) is 3.00. The van der Waals surface area contributed by atoms with Gasteiger partial charge in [-0.3, -0.25) is 4.68 Å². The van der Waals surface area contributed by atoms with E-state index in [9.17, 15) is 0 Å². The Bertz CT molecular complexity index is 287. The second kappa shape index (κ2) is 3.73. The van der Waals surface area contributed by atoms with Crippen molar-refractivity contribution >= 4 is 0 Å². The van der Waals surface area contributed by atoms with Crippen molar-refractivity contribution in [2.75, 3.05) is 7.05 Å². The lowest BCUT2D eigenvalue weighted by atomic mass is 9.84. The van der Waals surface area contributed by atoms with Gasteiger partial charge in [0.15, 0.2) is 0 Å². The zero-order valence-electron chi connectivity index (χ0n) is 10.0. The maximum atomic E-state index is 4.28. The summed E-state index contributed by atoms with van der Waals surface area (Å²) < 4.78 is 1.96. The molecule has 0 aliphatic heterocycles. The van der Waals surface area contributed by atoms with Crippen LogP contribution in [0.25, 0.3) is 0 Å². The molecule has 0 aliphatic carbocycles. The van der Waals surface area contributed by atoms with Gasteiger partial charge in [-0.05, 0) is 24.9 Å². The van der Waals surface area contributed by atoms with E-state index in [0.29, 0.717) is 6.04 Å². The van der Waals surface area contributed by atoms with Crippen LogP contribution in [-0.2, 0) is 7.05 Å². The molecular weight excluding hydrogens is 174 g/mol. The third-order valence-electron chi connectivity index (χ3n) is 2.61. The molecule has 80 valence electrons. The monoisotopic (exact) mass is 195 g/mol. The Balaban J connectivity index is 3.13.